The van der Waals surface area contributed by atoms with Gasteiger partial charge in [-0.15, -0.1) is 0 Å². The third-order valence-electron chi connectivity index (χ3n) is 3.60. The topological polar surface area (TPSA) is 20.3 Å². The minimum absolute atomic E-state index is 0.366. The highest BCUT2D eigenvalue weighted by Crippen LogP contribution is 2.23. The van der Waals surface area contributed by atoms with Crippen LogP contribution in [0.2, 0.25) is 0 Å². The van der Waals surface area contributed by atoms with E-state index in [4.69, 9.17) is 0 Å². The van der Waals surface area contributed by atoms with E-state index in [9.17, 15) is 4.79 Å². The molecule has 0 radical (unpaired) electrons. The zero-order chi connectivity index (χ0) is 12.7. The number of hydrogen-bond donors (Lipinski definition) is 0. The van der Waals surface area contributed by atoms with Crippen molar-refractivity contribution in [2.75, 3.05) is 11.9 Å². The van der Waals surface area contributed by atoms with Gasteiger partial charge in [-0.1, -0.05) is 49.0 Å². The fraction of sp³-hybridized carbons (Fsp3) is 0.929. The molecule has 3 heteroatoms. The minimum Gasteiger partial charge on any atom is -0.339 e. The van der Waals surface area contributed by atoms with Crippen LogP contribution in [0.15, 0.2) is 0 Å². The van der Waals surface area contributed by atoms with E-state index in [1.165, 1.54) is 32.1 Å². The second-order valence-corrected chi connectivity index (χ2v) is 6.29. The van der Waals surface area contributed by atoms with E-state index < -0.39 is 0 Å². The van der Waals surface area contributed by atoms with E-state index in [0.717, 1.165) is 24.7 Å². The lowest BCUT2D eigenvalue weighted by Crippen LogP contribution is -2.42. The molecule has 1 saturated carbocycles. The molecule has 1 aliphatic rings. The molecule has 2 nitrogen and oxygen atoms in total. The van der Waals surface area contributed by atoms with E-state index in [0.29, 0.717) is 17.9 Å². The Bertz CT molecular complexity index is 224. The van der Waals surface area contributed by atoms with Crippen LogP contribution in [0.1, 0.15) is 58.8 Å². The Balaban J connectivity index is 2.47. The van der Waals surface area contributed by atoms with Gasteiger partial charge in [-0.3, -0.25) is 4.79 Å². The first-order chi connectivity index (χ1) is 8.15. The van der Waals surface area contributed by atoms with Gasteiger partial charge in [0.25, 0.3) is 0 Å². The Morgan fingerprint density at radius 1 is 1.29 bits per heavy atom. The number of alkyl halides is 1. The molecule has 0 heterocycles. The van der Waals surface area contributed by atoms with Crippen LogP contribution >= 0.6 is 15.9 Å². The number of carbonyl (C=O) groups is 1. The average molecular weight is 304 g/mol. The highest BCUT2D eigenvalue weighted by Gasteiger charge is 2.24. The molecule has 1 amide bonds. The van der Waals surface area contributed by atoms with Crippen molar-refractivity contribution in [3.05, 3.63) is 0 Å². The summed E-state index contributed by atoms with van der Waals surface area (Å²) in [5.41, 5.74) is 0. The maximum absolute atomic E-state index is 12.2. The summed E-state index contributed by atoms with van der Waals surface area (Å²) in [6.45, 7) is 5.24. The first-order valence-corrected chi connectivity index (χ1v) is 8.12. The summed E-state index contributed by atoms with van der Waals surface area (Å²) in [6, 6.07) is 0.515. The monoisotopic (exact) mass is 303 g/mol. The van der Waals surface area contributed by atoms with Crippen LogP contribution < -0.4 is 0 Å². The van der Waals surface area contributed by atoms with Crippen LogP contribution in [-0.2, 0) is 4.79 Å². The van der Waals surface area contributed by atoms with Crippen LogP contribution in [0, 0.1) is 5.92 Å². The summed E-state index contributed by atoms with van der Waals surface area (Å²) < 4.78 is 0. The Morgan fingerprint density at radius 3 is 2.47 bits per heavy atom. The Hall–Kier alpha value is -0.0500. The molecule has 100 valence electrons. The molecule has 1 fully saturated rings. The van der Waals surface area contributed by atoms with Crippen LogP contribution in [-0.4, -0.2) is 28.7 Å². The van der Waals surface area contributed by atoms with Crippen molar-refractivity contribution in [1.82, 2.24) is 4.90 Å². The van der Waals surface area contributed by atoms with Crippen LogP contribution in [0.4, 0.5) is 0 Å². The molecule has 0 bridgehead atoms. The fourth-order valence-corrected chi connectivity index (χ4v) is 2.93. The summed E-state index contributed by atoms with van der Waals surface area (Å²) in [5.74, 6) is 0.987. The van der Waals surface area contributed by atoms with E-state index in [1.807, 2.05) is 0 Å². The van der Waals surface area contributed by atoms with Gasteiger partial charge in [-0.05, 0) is 25.2 Å². The van der Waals surface area contributed by atoms with Crippen molar-refractivity contribution in [3.8, 4) is 0 Å². The predicted octanol–water partition coefficient (Wildman–Crippen LogP) is 3.98. The van der Waals surface area contributed by atoms with E-state index >= 15 is 0 Å². The quantitative estimate of drug-likeness (QED) is 0.680. The molecule has 17 heavy (non-hydrogen) atoms. The number of nitrogens with zero attached hydrogens (tertiary/aromatic N) is 1. The molecule has 1 aliphatic carbocycles. The smallest absolute Gasteiger partial charge is 0.222 e. The molecule has 0 aliphatic heterocycles. The second kappa shape index (κ2) is 8.12. The lowest BCUT2D eigenvalue weighted by atomic mass is 9.93. The molecule has 0 aromatic carbocycles. The number of carbonyl (C=O) groups excluding carboxylic acids is 1. The SMILES string of the molecule is CC(C)CCC(=O)N(CCBr)C1CCCCC1. The van der Waals surface area contributed by atoms with Gasteiger partial charge in [0.15, 0.2) is 0 Å². The molecule has 0 N–H and O–H groups in total. The number of hydrogen-bond acceptors (Lipinski definition) is 1. The molecular weight excluding hydrogens is 278 g/mol. The van der Waals surface area contributed by atoms with Gasteiger partial charge in [-0.2, -0.15) is 0 Å². The van der Waals surface area contributed by atoms with Gasteiger partial charge in [-0.25, -0.2) is 0 Å². The molecule has 0 spiro atoms. The van der Waals surface area contributed by atoms with Crippen molar-refractivity contribution >= 4 is 21.8 Å². The predicted molar refractivity (Wildman–Crippen MR) is 76.5 cm³/mol. The first-order valence-electron chi connectivity index (χ1n) is 7.00. The maximum atomic E-state index is 12.2. The van der Waals surface area contributed by atoms with Gasteiger partial charge in [0.2, 0.25) is 5.91 Å². The van der Waals surface area contributed by atoms with Gasteiger partial charge < -0.3 is 4.90 Å². The van der Waals surface area contributed by atoms with Crippen molar-refractivity contribution in [3.63, 3.8) is 0 Å². The number of halogens is 1. The van der Waals surface area contributed by atoms with Crippen LogP contribution in [0.25, 0.3) is 0 Å². The van der Waals surface area contributed by atoms with E-state index in [-0.39, 0.29) is 0 Å². The molecule has 0 aromatic rings. The Morgan fingerprint density at radius 2 is 1.94 bits per heavy atom. The van der Waals surface area contributed by atoms with E-state index in [1.54, 1.807) is 0 Å². The van der Waals surface area contributed by atoms with Gasteiger partial charge in [0, 0.05) is 24.3 Å². The highest BCUT2D eigenvalue weighted by molar-refractivity contribution is 9.09. The maximum Gasteiger partial charge on any atom is 0.222 e. The van der Waals surface area contributed by atoms with Crippen LogP contribution in [0.3, 0.4) is 0 Å². The number of amides is 1. The standard InChI is InChI=1S/C14H26BrNO/c1-12(2)8-9-14(17)16(11-10-15)13-6-4-3-5-7-13/h12-13H,3-11H2,1-2H3. The Kier molecular flexibility index (Phi) is 7.17. The highest BCUT2D eigenvalue weighted by atomic mass is 79.9. The normalized spacial score (nSPS) is 17.4. The van der Waals surface area contributed by atoms with E-state index in [2.05, 4.69) is 34.7 Å². The van der Waals surface area contributed by atoms with Crippen molar-refractivity contribution in [2.45, 2.75) is 64.8 Å². The molecular formula is C14H26BrNO. The Labute approximate surface area is 114 Å². The van der Waals surface area contributed by atoms with Gasteiger partial charge >= 0.3 is 0 Å². The summed E-state index contributed by atoms with van der Waals surface area (Å²) in [5, 5.41) is 0.900. The van der Waals surface area contributed by atoms with Crippen LogP contribution in [0.5, 0.6) is 0 Å². The summed E-state index contributed by atoms with van der Waals surface area (Å²) in [6.07, 6.45) is 8.09. The van der Waals surface area contributed by atoms with Gasteiger partial charge in [0.1, 0.15) is 0 Å². The molecule has 0 saturated heterocycles. The van der Waals surface area contributed by atoms with Crippen molar-refractivity contribution < 1.29 is 4.79 Å². The molecule has 0 aromatic heterocycles. The second-order valence-electron chi connectivity index (χ2n) is 5.50. The fourth-order valence-electron chi connectivity index (χ4n) is 2.55. The lowest BCUT2D eigenvalue weighted by Gasteiger charge is -2.34. The van der Waals surface area contributed by atoms with Crippen molar-refractivity contribution in [1.29, 1.82) is 0 Å². The average Bonchev–Trinajstić information content (AvgIpc) is 2.34. The molecule has 0 atom stereocenters. The summed E-state index contributed by atoms with van der Waals surface area (Å²) in [7, 11) is 0. The molecule has 1 rings (SSSR count). The lowest BCUT2D eigenvalue weighted by molar-refractivity contribution is -0.134. The summed E-state index contributed by atoms with van der Waals surface area (Å²) in [4.78, 5) is 14.4. The zero-order valence-corrected chi connectivity index (χ0v) is 12.8. The van der Waals surface area contributed by atoms with Gasteiger partial charge in [0.05, 0.1) is 0 Å². The molecule has 0 unspecified atom stereocenters. The third-order valence-corrected chi connectivity index (χ3v) is 3.95. The van der Waals surface area contributed by atoms with Crippen molar-refractivity contribution in [2.24, 2.45) is 5.92 Å². The third kappa shape index (κ3) is 5.41. The number of rotatable bonds is 6. The minimum atomic E-state index is 0.366. The largest absolute Gasteiger partial charge is 0.339 e. The summed E-state index contributed by atoms with van der Waals surface area (Å²) >= 11 is 3.47. The zero-order valence-electron chi connectivity index (χ0n) is 11.3. The first kappa shape index (κ1) is 15.0.